The minimum absolute atomic E-state index is 0.00720. The van der Waals surface area contributed by atoms with Gasteiger partial charge in [-0.2, -0.15) is 0 Å². The molecule has 0 fully saturated rings. The van der Waals surface area contributed by atoms with E-state index in [9.17, 15) is 4.39 Å². The molecule has 0 saturated heterocycles. The topological polar surface area (TPSA) is 0 Å². The van der Waals surface area contributed by atoms with Crippen molar-refractivity contribution in [2.24, 2.45) is 0 Å². The third kappa shape index (κ3) is 3.06. The molecule has 90 valence electrons. The van der Waals surface area contributed by atoms with Gasteiger partial charge in [-0.25, -0.2) is 4.39 Å². The number of rotatable bonds is 3. The van der Waals surface area contributed by atoms with Gasteiger partial charge < -0.3 is 0 Å². The van der Waals surface area contributed by atoms with Gasteiger partial charge in [0.05, 0.1) is 0 Å². The summed E-state index contributed by atoms with van der Waals surface area (Å²) in [7, 11) is 0. The standard InChI is InChI=1S/C16H19F/c1-3-13-5-4-12(2)15(10-13)11-14-6-8-16(17)9-7-14/h4-6,8,10H,3,7,9,11H2,1-2H3. The first kappa shape index (κ1) is 12.1. The van der Waals surface area contributed by atoms with Crippen LogP contribution in [-0.2, 0) is 12.8 Å². The summed E-state index contributed by atoms with van der Waals surface area (Å²) in [6.07, 6.45) is 7.01. The van der Waals surface area contributed by atoms with Gasteiger partial charge in [0.15, 0.2) is 0 Å². The predicted molar refractivity (Wildman–Crippen MR) is 70.8 cm³/mol. The highest BCUT2D eigenvalue weighted by Gasteiger charge is 2.08. The highest BCUT2D eigenvalue weighted by Crippen LogP contribution is 2.24. The van der Waals surface area contributed by atoms with Crippen LogP contribution in [0.4, 0.5) is 4.39 Å². The summed E-state index contributed by atoms with van der Waals surface area (Å²) < 4.78 is 12.9. The summed E-state index contributed by atoms with van der Waals surface area (Å²) in [5.41, 5.74) is 5.43. The summed E-state index contributed by atoms with van der Waals surface area (Å²) in [5, 5.41) is 0. The molecule has 1 aliphatic rings. The molecule has 0 atom stereocenters. The second kappa shape index (κ2) is 5.31. The molecule has 1 aromatic rings. The van der Waals surface area contributed by atoms with E-state index in [-0.39, 0.29) is 5.83 Å². The van der Waals surface area contributed by atoms with E-state index in [1.807, 2.05) is 6.08 Å². The predicted octanol–water partition coefficient (Wildman–Crippen LogP) is 4.67. The maximum absolute atomic E-state index is 12.9. The van der Waals surface area contributed by atoms with E-state index >= 15 is 0 Å². The van der Waals surface area contributed by atoms with Crippen LogP contribution in [-0.4, -0.2) is 0 Å². The van der Waals surface area contributed by atoms with Crippen LogP contribution in [0.3, 0.4) is 0 Å². The van der Waals surface area contributed by atoms with E-state index in [4.69, 9.17) is 0 Å². The molecule has 0 nitrogen and oxygen atoms in total. The molecule has 1 heteroatoms. The van der Waals surface area contributed by atoms with Crippen molar-refractivity contribution in [2.75, 3.05) is 0 Å². The van der Waals surface area contributed by atoms with Crippen LogP contribution < -0.4 is 0 Å². The van der Waals surface area contributed by atoms with Crippen LogP contribution in [0.2, 0.25) is 0 Å². The first-order valence-corrected chi connectivity index (χ1v) is 6.31. The Morgan fingerprint density at radius 2 is 2.00 bits per heavy atom. The van der Waals surface area contributed by atoms with Crippen molar-refractivity contribution in [1.82, 2.24) is 0 Å². The van der Waals surface area contributed by atoms with Crippen LogP contribution in [0.15, 0.2) is 41.8 Å². The second-order valence-electron chi connectivity index (χ2n) is 4.73. The van der Waals surface area contributed by atoms with Crippen molar-refractivity contribution in [3.05, 3.63) is 58.4 Å². The third-order valence-corrected chi connectivity index (χ3v) is 3.42. The fraction of sp³-hybridized carbons (Fsp3) is 0.375. The summed E-state index contributed by atoms with van der Waals surface area (Å²) in [6, 6.07) is 6.66. The lowest BCUT2D eigenvalue weighted by molar-refractivity contribution is 0.579. The molecule has 0 unspecified atom stereocenters. The Hall–Kier alpha value is -1.37. The van der Waals surface area contributed by atoms with E-state index in [0.29, 0.717) is 6.42 Å². The molecule has 1 aliphatic carbocycles. The van der Waals surface area contributed by atoms with Crippen LogP contribution in [0.5, 0.6) is 0 Å². The lowest BCUT2D eigenvalue weighted by Crippen LogP contribution is -1.98. The molecule has 0 heterocycles. The van der Waals surface area contributed by atoms with Gasteiger partial charge in [0.2, 0.25) is 0 Å². The van der Waals surface area contributed by atoms with Crippen LogP contribution >= 0.6 is 0 Å². The van der Waals surface area contributed by atoms with Crippen molar-refractivity contribution >= 4 is 0 Å². The Bertz CT molecular complexity index is 466. The molecule has 0 aromatic heterocycles. The van der Waals surface area contributed by atoms with Gasteiger partial charge in [-0.15, -0.1) is 0 Å². The van der Waals surface area contributed by atoms with E-state index in [0.717, 1.165) is 19.3 Å². The minimum Gasteiger partial charge on any atom is -0.212 e. The zero-order valence-corrected chi connectivity index (χ0v) is 10.6. The highest BCUT2D eigenvalue weighted by atomic mass is 19.1. The van der Waals surface area contributed by atoms with E-state index in [1.54, 1.807) is 6.08 Å². The van der Waals surface area contributed by atoms with Gasteiger partial charge in [0.1, 0.15) is 5.83 Å². The van der Waals surface area contributed by atoms with Crippen molar-refractivity contribution in [3.63, 3.8) is 0 Å². The average molecular weight is 230 g/mol. The van der Waals surface area contributed by atoms with E-state index < -0.39 is 0 Å². The molecule has 0 spiro atoms. The molecular formula is C16H19F. The quantitative estimate of drug-likeness (QED) is 0.707. The maximum Gasteiger partial charge on any atom is 0.100 e. The number of hydrogen-bond acceptors (Lipinski definition) is 0. The lowest BCUT2D eigenvalue weighted by Gasteiger charge is -2.13. The van der Waals surface area contributed by atoms with Crippen LogP contribution in [0.1, 0.15) is 36.5 Å². The van der Waals surface area contributed by atoms with Gasteiger partial charge in [0.25, 0.3) is 0 Å². The second-order valence-corrected chi connectivity index (χ2v) is 4.73. The van der Waals surface area contributed by atoms with E-state index in [2.05, 4.69) is 32.0 Å². The zero-order chi connectivity index (χ0) is 12.3. The van der Waals surface area contributed by atoms with Crippen LogP contribution in [0.25, 0.3) is 0 Å². The first-order valence-electron chi connectivity index (χ1n) is 6.31. The first-order chi connectivity index (χ1) is 8.19. The summed E-state index contributed by atoms with van der Waals surface area (Å²) in [6.45, 7) is 4.32. The Balaban J connectivity index is 2.18. The Morgan fingerprint density at radius 3 is 2.65 bits per heavy atom. The molecule has 1 aromatic carbocycles. The Morgan fingerprint density at radius 1 is 1.18 bits per heavy atom. The average Bonchev–Trinajstić information content (AvgIpc) is 2.35. The molecule has 0 bridgehead atoms. The number of hydrogen-bond donors (Lipinski definition) is 0. The summed E-state index contributed by atoms with van der Waals surface area (Å²) in [5.74, 6) is 0.00720. The van der Waals surface area contributed by atoms with Gasteiger partial charge in [-0.05, 0) is 49.0 Å². The lowest BCUT2D eigenvalue weighted by atomic mass is 9.93. The zero-order valence-electron chi connectivity index (χ0n) is 10.6. The van der Waals surface area contributed by atoms with Crippen molar-refractivity contribution < 1.29 is 4.39 Å². The summed E-state index contributed by atoms with van der Waals surface area (Å²) >= 11 is 0. The number of halogens is 1. The van der Waals surface area contributed by atoms with Crippen LogP contribution in [0, 0.1) is 6.92 Å². The molecular weight excluding hydrogens is 211 g/mol. The van der Waals surface area contributed by atoms with Gasteiger partial charge in [0, 0.05) is 6.42 Å². The monoisotopic (exact) mass is 230 g/mol. The molecule has 0 aliphatic heterocycles. The molecule has 17 heavy (non-hydrogen) atoms. The summed E-state index contributed by atoms with van der Waals surface area (Å²) in [4.78, 5) is 0. The number of benzene rings is 1. The van der Waals surface area contributed by atoms with Crippen molar-refractivity contribution in [1.29, 1.82) is 0 Å². The van der Waals surface area contributed by atoms with Gasteiger partial charge >= 0.3 is 0 Å². The maximum atomic E-state index is 12.9. The highest BCUT2D eigenvalue weighted by molar-refractivity contribution is 5.35. The smallest absolute Gasteiger partial charge is 0.100 e. The fourth-order valence-electron chi connectivity index (χ4n) is 2.18. The molecule has 0 radical (unpaired) electrons. The van der Waals surface area contributed by atoms with Gasteiger partial charge in [-0.1, -0.05) is 36.8 Å². The number of allylic oxidation sites excluding steroid dienone is 4. The largest absolute Gasteiger partial charge is 0.212 e. The normalized spacial score (nSPS) is 15.5. The Labute approximate surface area is 103 Å². The van der Waals surface area contributed by atoms with Crippen molar-refractivity contribution in [3.8, 4) is 0 Å². The van der Waals surface area contributed by atoms with Gasteiger partial charge in [-0.3, -0.25) is 0 Å². The third-order valence-electron chi connectivity index (χ3n) is 3.42. The molecule has 0 saturated carbocycles. The molecule has 2 rings (SSSR count). The Kier molecular flexibility index (Phi) is 3.78. The van der Waals surface area contributed by atoms with E-state index in [1.165, 1.54) is 22.3 Å². The number of aryl methyl sites for hydroxylation is 2. The fourth-order valence-corrected chi connectivity index (χ4v) is 2.18. The molecule has 0 N–H and O–H groups in total. The SMILES string of the molecule is CCc1ccc(C)c(CC2=CC=C(F)CC2)c1. The molecule has 0 amide bonds. The van der Waals surface area contributed by atoms with Crippen molar-refractivity contribution in [2.45, 2.75) is 39.5 Å². The minimum atomic E-state index is 0.00720.